The Hall–Kier alpha value is -14.5. The van der Waals surface area contributed by atoms with E-state index in [-0.39, 0.29) is 0 Å². The summed E-state index contributed by atoms with van der Waals surface area (Å²) in [6, 6.07) is 126. The fourth-order valence-corrected chi connectivity index (χ4v) is 23.5. The molecule has 5 unspecified atom stereocenters. The number of nitrogens with zero attached hydrogens (tertiary/aromatic N) is 6. The van der Waals surface area contributed by atoms with E-state index >= 15 is 0 Å². The average Bonchev–Trinajstić information content (AvgIpc) is 1.58. The Morgan fingerprint density at radius 1 is 0.173 bits per heavy atom. The van der Waals surface area contributed by atoms with Gasteiger partial charge in [-0.25, -0.2) is 0 Å². The summed E-state index contributed by atoms with van der Waals surface area (Å²) in [5.41, 5.74) is 46.1. The van der Waals surface area contributed by atoms with Crippen molar-refractivity contribution in [2.75, 3.05) is 0 Å². The molecule has 5 aliphatic rings. The van der Waals surface area contributed by atoms with Gasteiger partial charge in [-0.15, -0.1) is 0 Å². The smallest absolute Gasteiger partial charge is 0.0533 e. The predicted molar refractivity (Wildman–Crippen MR) is 577 cm³/mol. The third-order valence-electron chi connectivity index (χ3n) is 29.5. The standard InChI is InChI=1S/C22H19N.4C21H17N.C13H11N.4C2H6/c1-13-15-8-4-5-9-16(15)18-12-20-22(14(2)21(13)18)17-10-6-7-11-19(17)23(20)3;1-13-14-7-3-4-8-15(14)18-11-19-16-9-5-6-10-20(16)22(2)21(19)12-17(13)18;1-13-14-7-3-4-8-16(14)20-15(13)11-12-19-21(20)17-9-5-6-10-18(17)22(19)2;1-13-14-7-3-4-8-15(14)16-11-12-19-21(20(13)16)17-9-5-6-10-18(17)22(19)2;1-13-14-7-3-4-8-15(14)17-11-12-18-16-9-5-6-10-19(16)22(2)21(18)20(13)17;1-14-12-8-4-2-6-10(12)11-7-3-5-9-13(11)14;4*1-2/h4-13H,1-3H3;4*3-13H,1-2H3;2-9H,1H3;4*1-2H3. The van der Waals surface area contributed by atoms with Gasteiger partial charge in [-0.05, 0) is 197 Å². The molecule has 0 amide bonds. The largest absolute Gasteiger partial charge is 0.344 e. The van der Waals surface area contributed by atoms with Crippen molar-refractivity contribution in [3.05, 3.63) is 407 Å². The number of para-hydroxylation sites is 7. The van der Waals surface area contributed by atoms with Crippen LogP contribution >= 0.6 is 0 Å². The second kappa shape index (κ2) is 36.0. The van der Waals surface area contributed by atoms with Crippen LogP contribution in [0.5, 0.6) is 0 Å². The van der Waals surface area contributed by atoms with E-state index in [0.717, 1.165) is 0 Å². The Bertz CT molecular complexity index is 8370. The lowest BCUT2D eigenvalue weighted by atomic mass is 9.92. The molecular formula is C127H122N6. The molecule has 28 rings (SSSR count). The molecular weight excluding hydrogens is 1610 g/mol. The van der Waals surface area contributed by atoms with Gasteiger partial charge in [-0.3, -0.25) is 0 Å². The van der Waals surface area contributed by atoms with Gasteiger partial charge in [0.05, 0.1) is 5.52 Å². The van der Waals surface area contributed by atoms with Gasteiger partial charge >= 0.3 is 0 Å². The number of aryl methyl sites for hydroxylation is 7. The zero-order chi connectivity index (χ0) is 92.6. The first-order valence-corrected chi connectivity index (χ1v) is 48.5. The minimum absolute atomic E-state index is 0.456. The molecule has 0 spiro atoms. The number of fused-ring (bicyclic) bond motifs is 36. The highest BCUT2D eigenvalue weighted by Gasteiger charge is 2.35. The van der Waals surface area contributed by atoms with Gasteiger partial charge in [0.15, 0.2) is 0 Å². The summed E-state index contributed by atoms with van der Waals surface area (Å²) in [7, 11) is 13.0. The van der Waals surface area contributed by atoms with Crippen LogP contribution in [0.15, 0.2) is 346 Å². The van der Waals surface area contributed by atoms with Crippen molar-refractivity contribution < 1.29 is 0 Å². The van der Waals surface area contributed by atoms with Crippen molar-refractivity contribution in [1.82, 2.24) is 27.4 Å². The van der Waals surface area contributed by atoms with Crippen LogP contribution in [0.3, 0.4) is 0 Å². The summed E-state index contributed by atoms with van der Waals surface area (Å²) in [5, 5.41) is 16.5. The molecule has 0 N–H and O–H groups in total. The van der Waals surface area contributed by atoms with Gasteiger partial charge in [-0.2, -0.15) is 0 Å². The Kier molecular flexibility index (Phi) is 23.8. The van der Waals surface area contributed by atoms with Crippen LogP contribution in [0.2, 0.25) is 0 Å². The van der Waals surface area contributed by atoms with Crippen molar-refractivity contribution in [2.24, 2.45) is 42.3 Å². The normalized spacial score (nSPS) is 14.8. The van der Waals surface area contributed by atoms with E-state index in [2.05, 4.69) is 457 Å². The van der Waals surface area contributed by atoms with Crippen molar-refractivity contribution in [3.8, 4) is 55.6 Å². The maximum atomic E-state index is 2.40. The number of hydrogen-bond acceptors (Lipinski definition) is 0. The maximum Gasteiger partial charge on any atom is 0.0533 e. The van der Waals surface area contributed by atoms with E-state index in [1.807, 2.05) is 55.4 Å². The minimum Gasteiger partial charge on any atom is -0.344 e. The fraction of sp³-hybridized carbons (Fsp3) is 0.197. The first-order chi connectivity index (χ1) is 65.1. The van der Waals surface area contributed by atoms with Crippen molar-refractivity contribution in [3.63, 3.8) is 0 Å². The molecule has 6 heteroatoms. The van der Waals surface area contributed by atoms with Gasteiger partial charge in [0, 0.05) is 197 Å². The quantitative estimate of drug-likeness (QED) is 0.145. The second-order valence-corrected chi connectivity index (χ2v) is 35.6. The van der Waals surface area contributed by atoms with Crippen LogP contribution in [0, 0.1) is 6.92 Å². The number of rotatable bonds is 0. The molecule has 0 saturated heterocycles. The molecule has 6 aromatic heterocycles. The molecule has 0 aliphatic heterocycles. The van der Waals surface area contributed by atoms with Crippen molar-refractivity contribution >= 4 is 131 Å². The van der Waals surface area contributed by atoms with Crippen LogP contribution in [-0.4, -0.2) is 27.4 Å². The molecule has 5 aliphatic carbocycles. The van der Waals surface area contributed by atoms with Crippen molar-refractivity contribution in [2.45, 2.75) is 127 Å². The van der Waals surface area contributed by atoms with Crippen LogP contribution in [0.25, 0.3) is 186 Å². The summed E-state index contributed by atoms with van der Waals surface area (Å²) in [5.74, 6) is 2.35. The van der Waals surface area contributed by atoms with Gasteiger partial charge in [0.25, 0.3) is 0 Å². The third kappa shape index (κ3) is 13.9. The van der Waals surface area contributed by atoms with Crippen LogP contribution in [0.4, 0.5) is 0 Å². The zero-order valence-corrected chi connectivity index (χ0v) is 81.0. The summed E-state index contributed by atoms with van der Waals surface area (Å²) in [6.45, 7) is 30.0. The lowest BCUT2D eigenvalue weighted by Crippen LogP contribution is -1.95. The topological polar surface area (TPSA) is 29.6 Å². The van der Waals surface area contributed by atoms with Crippen molar-refractivity contribution in [1.29, 1.82) is 0 Å². The van der Waals surface area contributed by atoms with Gasteiger partial charge in [-0.1, -0.05) is 363 Å². The summed E-state index contributed by atoms with van der Waals surface area (Å²) in [4.78, 5) is 0. The van der Waals surface area contributed by atoms with E-state index in [4.69, 9.17) is 0 Å². The molecule has 17 aromatic carbocycles. The molecule has 0 fully saturated rings. The maximum absolute atomic E-state index is 2.40. The predicted octanol–water partition coefficient (Wildman–Crippen LogP) is 35.1. The van der Waals surface area contributed by atoms with E-state index in [1.54, 1.807) is 0 Å². The SMILES string of the molecule is CC.CC.CC.CC.CC1c2ccccc2-c2c1ccc1c2c2ccccc2n1C.CC1c2ccccc2-c2cc3c4ccccc4n(C)c3cc21.CC1c2ccccc2-c2ccc3c(c21)c1ccccc1n3C.CC1c2ccccc2-c2ccc3c4ccccc4n(C)c3c21.Cc1c2c(cc3c1c1ccccc1n3C)-c1ccccc1C2C.Cn1c2ccccc2c2ccccc21. The highest BCUT2D eigenvalue weighted by atomic mass is 15.0. The van der Waals surface area contributed by atoms with E-state index in [0.29, 0.717) is 29.6 Å². The summed E-state index contributed by atoms with van der Waals surface area (Å²) in [6.07, 6.45) is 0. The average molecular weight is 1730 g/mol. The van der Waals surface area contributed by atoms with E-state index in [9.17, 15) is 0 Å². The molecule has 0 bridgehead atoms. The molecule has 5 atom stereocenters. The third-order valence-corrected chi connectivity index (χ3v) is 29.5. The first kappa shape index (κ1) is 87.8. The second-order valence-electron chi connectivity index (χ2n) is 35.6. The van der Waals surface area contributed by atoms with E-state index < -0.39 is 0 Å². The first-order valence-electron chi connectivity index (χ1n) is 48.5. The Morgan fingerprint density at radius 3 is 0.977 bits per heavy atom. The molecule has 133 heavy (non-hydrogen) atoms. The number of aromatic nitrogens is 6. The lowest BCUT2D eigenvalue weighted by Gasteiger charge is -2.12. The Balaban J connectivity index is 0.000000102. The Morgan fingerprint density at radius 2 is 0.481 bits per heavy atom. The lowest BCUT2D eigenvalue weighted by molar-refractivity contribution is 0.936. The van der Waals surface area contributed by atoms with Crippen LogP contribution in [0.1, 0.15) is 181 Å². The zero-order valence-electron chi connectivity index (χ0n) is 81.0. The van der Waals surface area contributed by atoms with Crippen LogP contribution < -0.4 is 0 Å². The number of hydrogen-bond donors (Lipinski definition) is 0. The number of benzene rings is 17. The fourth-order valence-electron chi connectivity index (χ4n) is 23.5. The van der Waals surface area contributed by atoms with Gasteiger partial charge < -0.3 is 27.4 Å². The van der Waals surface area contributed by atoms with E-state index in [1.165, 1.54) is 248 Å². The molecule has 23 aromatic rings. The Labute approximate surface area is 784 Å². The molecule has 6 heterocycles. The van der Waals surface area contributed by atoms with Gasteiger partial charge in [0.2, 0.25) is 0 Å². The molecule has 0 radical (unpaired) electrons. The van der Waals surface area contributed by atoms with Crippen LogP contribution in [-0.2, 0) is 42.3 Å². The minimum atomic E-state index is 0.456. The molecule has 660 valence electrons. The summed E-state index contributed by atoms with van der Waals surface area (Å²) < 4.78 is 13.9. The molecule has 0 saturated carbocycles. The monoisotopic (exact) mass is 1730 g/mol. The summed E-state index contributed by atoms with van der Waals surface area (Å²) >= 11 is 0. The van der Waals surface area contributed by atoms with Gasteiger partial charge in [0.1, 0.15) is 0 Å². The highest BCUT2D eigenvalue weighted by Crippen LogP contribution is 2.55. The molecule has 6 nitrogen and oxygen atoms in total. The highest BCUT2D eigenvalue weighted by molar-refractivity contribution is 6.19.